The van der Waals surface area contributed by atoms with Crippen LogP contribution in [0, 0.1) is 5.92 Å². The SMILES string of the molecule is CCNC(=O)C1CC(=O)N(CCCN(C)C)C1. The van der Waals surface area contributed by atoms with Crippen molar-refractivity contribution in [2.45, 2.75) is 19.8 Å². The molecule has 2 amide bonds. The van der Waals surface area contributed by atoms with E-state index in [1.165, 1.54) is 0 Å². The lowest BCUT2D eigenvalue weighted by molar-refractivity contribution is -0.129. The number of likely N-dealkylation sites (tertiary alicyclic amines) is 1. The van der Waals surface area contributed by atoms with Gasteiger partial charge in [0, 0.05) is 26.1 Å². The van der Waals surface area contributed by atoms with Crippen LogP contribution in [-0.2, 0) is 9.59 Å². The van der Waals surface area contributed by atoms with Gasteiger partial charge in [0.1, 0.15) is 0 Å². The van der Waals surface area contributed by atoms with E-state index in [9.17, 15) is 9.59 Å². The van der Waals surface area contributed by atoms with E-state index < -0.39 is 0 Å². The first kappa shape index (κ1) is 14.0. The molecule has 1 fully saturated rings. The Bertz CT molecular complexity index is 279. The van der Waals surface area contributed by atoms with Gasteiger partial charge >= 0.3 is 0 Å². The zero-order chi connectivity index (χ0) is 12.8. The maximum Gasteiger partial charge on any atom is 0.225 e. The van der Waals surface area contributed by atoms with E-state index in [1.54, 1.807) is 0 Å². The molecule has 1 aliphatic heterocycles. The van der Waals surface area contributed by atoms with E-state index in [2.05, 4.69) is 10.2 Å². The van der Waals surface area contributed by atoms with Crippen LogP contribution in [0.3, 0.4) is 0 Å². The van der Waals surface area contributed by atoms with Crippen LogP contribution in [0.1, 0.15) is 19.8 Å². The third-order valence-electron chi connectivity index (χ3n) is 2.97. The Labute approximate surface area is 103 Å². The molecule has 1 heterocycles. The number of nitrogens with one attached hydrogen (secondary N) is 1. The predicted octanol–water partition coefficient (Wildman–Crippen LogP) is -0.0773. The Morgan fingerprint density at radius 2 is 2.24 bits per heavy atom. The highest BCUT2D eigenvalue weighted by Crippen LogP contribution is 2.17. The second-order valence-corrected chi connectivity index (χ2v) is 4.79. The van der Waals surface area contributed by atoms with Crippen LogP contribution in [0.2, 0.25) is 0 Å². The first-order chi connectivity index (χ1) is 8.04. The standard InChI is InChI=1S/C12H23N3O2/c1-4-13-12(17)10-8-11(16)15(9-10)7-5-6-14(2)3/h10H,4-9H2,1-3H3,(H,13,17). The molecule has 1 saturated heterocycles. The van der Waals surface area contributed by atoms with E-state index in [1.807, 2.05) is 25.9 Å². The smallest absolute Gasteiger partial charge is 0.225 e. The van der Waals surface area contributed by atoms with Crippen LogP contribution in [0.5, 0.6) is 0 Å². The second kappa shape index (κ2) is 6.59. The van der Waals surface area contributed by atoms with Crippen molar-refractivity contribution in [2.24, 2.45) is 5.92 Å². The van der Waals surface area contributed by atoms with Crippen molar-refractivity contribution in [2.75, 3.05) is 40.3 Å². The Morgan fingerprint density at radius 3 is 2.82 bits per heavy atom. The van der Waals surface area contributed by atoms with Crippen LogP contribution < -0.4 is 5.32 Å². The number of nitrogens with zero attached hydrogens (tertiary/aromatic N) is 2. The van der Waals surface area contributed by atoms with Gasteiger partial charge < -0.3 is 15.1 Å². The van der Waals surface area contributed by atoms with E-state index in [0.29, 0.717) is 19.5 Å². The number of hydrogen-bond acceptors (Lipinski definition) is 3. The van der Waals surface area contributed by atoms with Crippen molar-refractivity contribution in [1.29, 1.82) is 0 Å². The lowest BCUT2D eigenvalue weighted by atomic mass is 10.1. The summed E-state index contributed by atoms with van der Waals surface area (Å²) in [4.78, 5) is 27.2. The van der Waals surface area contributed by atoms with Gasteiger partial charge in [-0.3, -0.25) is 9.59 Å². The highest BCUT2D eigenvalue weighted by Gasteiger charge is 2.33. The number of carbonyl (C=O) groups excluding carboxylic acids is 2. The minimum absolute atomic E-state index is 0.0101. The van der Waals surface area contributed by atoms with Crippen molar-refractivity contribution in [3.63, 3.8) is 0 Å². The van der Waals surface area contributed by atoms with Gasteiger partial charge in [-0.1, -0.05) is 0 Å². The van der Waals surface area contributed by atoms with Crippen LogP contribution in [0.25, 0.3) is 0 Å². The number of rotatable bonds is 6. The molecule has 1 atom stereocenters. The van der Waals surface area contributed by atoms with Crippen LogP contribution in [0.4, 0.5) is 0 Å². The molecule has 0 aliphatic carbocycles. The van der Waals surface area contributed by atoms with Gasteiger partial charge in [0.05, 0.1) is 5.92 Å². The van der Waals surface area contributed by atoms with Gasteiger partial charge in [-0.05, 0) is 34.0 Å². The number of hydrogen-bond donors (Lipinski definition) is 1. The first-order valence-corrected chi connectivity index (χ1v) is 6.24. The molecule has 0 aromatic carbocycles. The normalized spacial score (nSPS) is 20.1. The first-order valence-electron chi connectivity index (χ1n) is 6.24. The van der Waals surface area contributed by atoms with Crippen molar-refractivity contribution in [1.82, 2.24) is 15.1 Å². The lowest BCUT2D eigenvalue weighted by Crippen LogP contribution is -2.33. The monoisotopic (exact) mass is 241 g/mol. The van der Waals surface area contributed by atoms with Gasteiger partial charge in [0.25, 0.3) is 0 Å². The molecule has 0 aromatic heterocycles. The largest absolute Gasteiger partial charge is 0.356 e. The van der Waals surface area contributed by atoms with Gasteiger partial charge in [0.2, 0.25) is 11.8 Å². The van der Waals surface area contributed by atoms with Gasteiger partial charge in [-0.2, -0.15) is 0 Å². The molecule has 0 spiro atoms. The van der Waals surface area contributed by atoms with Crippen molar-refractivity contribution >= 4 is 11.8 Å². The Kier molecular flexibility index (Phi) is 5.41. The average Bonchev–Trinajstić information content (AvgIpc) is 2.60. The second-order valence-electron chi connectivity index (χ2n) is 4.79. The van der Waals surface area contributed by atoms with E-state index in [0.717, 1.165) is 19.5 Å². The summed E-state index contributed by atoms with van der Waals surface area (Å²) in [6.07, 6.45) is 1.33. The third kappa shape index (κ3) is 4.34. The Hall–Kier alpha value is -1.10. The van der Waals surface area contributed by atoms with E-state index in [-0.39, 0.29) is 17.7 Å². The van der Waals surface area contributed by atoms with Crippen molar-refractivity contribution in [3.05, 3.63) is 0 Å². The summed E-state index contributed by atoms with van der Waals surface area (Å²) in [5, 5.41) is 2.78. The summed E-state index contributed by atoms with van der Waals surface area (Å²) in [5.74, 6) is -0.0298. The lowest BCUT2D eigenvalue weighted by Gasteiger charge is -2.17. The molecule has 17 heavy (non-hydrogen) atoms. The molecule has 1 N–H and O–H groups in total. The summed E-state index contributed by atoms with van der Waals surface area (Å²) >= 11 is 0. The highest BCUT2D eigenvalue weighted by molar-refractivity contribution is 5.89. The summed E-state index contributed by atoms with van der Waals surface area (Å²) in [6, 6.07) is 0. The summed E-state index contributed by atoms with van der Waals surface area (Å²) in [6.45, 7) is 4.83. The summed E-state index contributed by atoms with van der Waals surface area (Å²) in [5.41, 5.74) is 0. The van der Waals surface area contributed by atoms with Crippen molar-refractivity contribution in [3.8, 4) is 0 Å². The number of carbonyl (C=O) groups is 2. The fraction of sp³-hybridized carbons (Fsp3) is 0.833. The molecule has 0 saturated carbocycles. The fourth-order valence-electron chi connectivity index (χ4n) is 2.06. The molecule has 5 heteroatoms. The van der Waals surface area contributed by atoms with E-state index >= 15 is 0 Å². The molecular weight excluding hydrogens is 218 g/mol. The Balaban J connectivity index is 2.34. The molecule has 1 unspecified atom stereocenters. The molecule has 0 radical (unpaired) electrons. The quantitative estimate of drug-likeness (QED) is 0.708. The molecule has 98 valence electrons. The summed E-state index contributed by atoms with van der Waals surface area (Å²) < 4.78 is 0. The zero-order valence-corrected chi connectivity index (χ0v) is 11.0. The Morgan fingerprint density at radius 1 is 1.53 bits per heavy atom. The van der Waals surface area contributed by atoms with Crippen LogP contribution >= 0.6 is 0 Å². The van der Waals surface area contributed by atoms with Crippen molar-refractivity contribution < 1.29 is 9.59 Å². The van der Waals surface area contributed by atoms with E-state index in [4.69, 9.17) is 0 Å². The third-order valence-corrected chi connectivity index (χ3v) is 2.97. The highest BCUT2D eigenvalue weighted by atomic mass is 16.2. The zero-order valence-electron chi connectivity index (χ0n) is 11.0. The minimum atomic E-state index is -0.151. The minimum Gasteiger partial charge on any atom is -0.356 e. The molecule has 5 nitrogen and oxygen atoms in total. The van der Waals surface area contributed by atoms with Crippen LogP contribution in [0.15, 0.2) is 0 Å². The predicted molar refractivity (Wildman–Crippen MR) is 66.5 cm³/mol. The summed E-state index contributed by atoms with van der Waals surface area (Å²) in [7, 11) is 4.03. The molecule has 1 aliphatic rings. The maximum atomic E-state index is 11.7. The fourth-order valence-corrected chi connectivity index (χ4v) is 2.06. The van der Waals surface area contributed by atoms with Crippen LogP contribution in [-0.4, -0.2) is 61.9 Å². The van der Waals surface area contributed by atoms with Gasteiger partial charge in [-0.25, -0.2) is 0 Å². The molecule has 0 aromatic rings. The van der Waals surface area contributed by atoms with Gasteiger partial charge in [0.15, 0.2) is 0 Å². The average molecular weight is 241 g/mol. The topological polar surface area (TPSA) is 52.7 Å². The molecule has 0 bridgehead atoms. The van der Waals surface area contributed by atoms with Gasteiger partial charge in [-0.15, -0.1) is 0 Å². The molecule has 1 rings (SSSR count). The molecular formula is C12H23N3O2. The number of amides is 2. The maximum absolute atomic E-state index is 11.7.